The topological polar surface area (TPSA) is 95.5 Å². The third-order valence-electron chi connectivity index (χ3n) is 4.94. The molecule has 158 valence electrons. The van der Waals surface area contributed by atoms with Gasteiger partial charge in [-0.25, -0.2) is 9.78 Å². The van der Waals surface area contributed by atoms with Gasteiger partial charge in [0.15, 0.2) is 0 Å². The largest absolute Gasteiger partial charge is 0.459 e. The predicted octanol–water partition coefficient (Wildman–Crippen LogP) is 3.15. The molecule has 2 N–H and O–H groups in total. The number of nitrogens with zero attached hydrogens (tertiary/aromatic N) is 2. The number of aryl methyl sites for hydroxylation is 1. The SMILES string of the molecule is C=CCCC(O)CN(Cc1nc2sc(C(=O)OC(C)C)c(C)c2c(=O)[nH]1)C1CC1. The molecule has 0 aliphatic heterocycles. The van der Waals surface area contributed by atoms with E-state index in [1.54, 1.807) is 26.8 Å². The number of carbonyl (C=O) groups excluding carboxylic acids is 1. The zero-order chi connectivity index (χ0) is 21.1. The van der Waals surface area contributed by atoms with Crippen LogP contribution in [0.4, 0.5) is 0 Å². The molecule has 2 aromatic heterocycles. The number of H-pyrrole nitrogens is 1. The maximum absolute atomic E-state index is 12.7. The molecule has 2 heterocycles. The molecule has 1 aliphatic rings. The Morgan fingerprint density at radius 3 is 2.83 bits per heavy atom. The summed E-state index contributed by atoms with van der Waals surface area (Å²) in [7, 11) is 0. The van der Waals surface area contributed by atoms with Crippen LogP contribution in [0.15, 0.2) is 17.4 Å². The molecular weight excluding hydrogens is 390 g/mol. The van der Waals surface area contributed by atoms with Crippen LogP contribution in [-0.2, 0) is 11.3 Å². The van der Waals surface area contributed by atoms with Crippen molar-refractivity contribution in [2.75, 3.05) is 6.54 Å². The number of esters is 1. The summed E-state index contributed by atoms with van der Waals surface area (Å²) in [5.74, 6) is 0.127. The molecule has 7 nitrogen and oxygen atoms in total. The highest BCUT2D eigenvalue weighted by atomic mass is 32.1. The van der Waals surface area contributed by atoms with E-state index < -0.39 is 12.1 Å². The third kappa shape index (κ3) is 5.32. The van der Waals surface area contributed by atoms with Gasteiger partial charge in [0.25, 0.3) is 5.56 Å². The van der Waals surface area contributed by atoms with Crippen LogP contribution in [0.25, 0.3) is 10.2 Å². The molecule has 0 bridgehead atoms. The summed E-state index contributed by atoms with van der Waals surface area (Å²) < 4.78 is 5.29. The predicted molar refractivity (Wildman–Crippen MR) is 114 cm³/mol. The fraction of sp³-hybridized carbons (Fsp3) is 0.571. The third-order valence-corrected chi connectivity index (χ3v) is 6.11. The van der Waals surface area contributed by atoms with Crippen molar-refractivity contribution in [2.24, 2.45) is 0 Å². The molecule has 1 fully saturated rings. The molecule has 3 rings (SSSR count). The van der Waals surface area contributed by atoms with E-state index >= 15 is 0 Å². The van der Waals surface area contributed by atoms with Crippen LogP contribution in [-0.4, -0.2) is 50.7 Å². The molecule has 1 aliphatic carbocycles. The van der Waals surface area contributed by atoms with Gasteiger partial charge in [0, 0.05) is 12.6 Å². The van der Waals surface area contributed by atoms with Crippen LogP contribution in [0.3, 0.4) is 0 Å². The first-order valence-corrected chi connectivity index (χ1v) is 10.9. The van der Waals surface area contributed by atoms with Gasteiger partial charge in [0.05, 0.1) is 24.1 Å². The van der Waals surface area contributed by atoms with Gasteiger partial charge >= 0.3 is 5.97 Å². The number of hydrogen-bond acceptors (Lipinski definition) is 7. The van der Waals surface area contributed by atoms with E-state index in [-0.39, 0.29) is 11.7 Å². The van der Waals surface area contributed by atoms with Crippen LogP contribution in [0, 0.1) is 6.92 Å². The molecule has 0 radical (unpaired) electrons. The molecule has 0 saturated heterocycles. The molecule has 1 atom stereocenters. The lowest BCUT2D eigenvalue weighted by molar-refractivity contribution is 0.0383. The van der Waals surface area contributed by atoms with Crippen LogP contribution in [0.2, 0.25) is 0 Å². The normalized spacial score (nSPS) is 15.2. The minimum atomic E-state index is -0.439. The van der Waals surface area contributed by atoms with E-state index in [1.165, 1.54) is 11.3 Å². The number of nitrogens with one attached hydrogen (secondary N) is 1. The standard InChI is InChI=1S/C21H29N3O4S/c1-5-6-7-15(25)10-24(14-8-9-14)11-16-22-19(26)17-13(4)18(29-20(17)23-16)21(27)28-12(2)3/h5,12,14-15,25H,1,6-11H2,2-4H3,(H,22,23,26). The van der Waals surface area contributed by atoms with Crippen LogP contribution >= 0.6 is 11.3 Å². The second-order valence-corrected chi connectivity index (χ2v) is 8.88. The van der Waals surface area contributed by atoms with Gasteiger partial charge in [-0.3, -0.25) is 9.69 Å². The number of aromatic amines is 1. The maximum atomic E-state index is 12.7. The number of rotatable bonds is 10. The van der Waals surface area contributed by atoms with Gasteiger partial charge in [-0.2, -0.15) is 0 Å². The van der Waals surface area contributed by atoms with Crippen molar-refractivity contribution in [3.63, 3.8) is 0 Å². The smallest absolute Gasteiger partial charge is 0.348 e. The Morgan fingerprint density at radius 2 is 2.21 bits per heavy atom. The highest BCUT2D eigenvalue weighted by molar-refractivity contribution is 7.20. The molecule has 0 amide bonds. The van der Waals surface area contributed by atoms with E-state index in [0.717, 1.165) is 19.3 Å². The van der Waals surface area contributed by atoms with Gasteiger partial charge in [-0.1, -0.05) is 6.08 Å². The molecular formula is C21H29N3O4S. The summed E-state index contributed by atoms with van der Waals surface area (Å²) >= 11 is 1.19. The first-order chi connectivity index (χ1) is 13.8. The van der Waals surface area contributed by atoms with Crippen molar-refractivity contribution in [3.05, 3.63) is 39.3 Å². The van der Waals surface area contributed by atoms with E-state index in [4.69, 9.17) is 4.74 Å². The number of aliphatic hydroxyl groups is 1. The lowest BCUT2D eigenvalue weighted by atomic mass is 10.2. The molecule has 8 heteroatoms. The minimum absolute atomic E-state index is 0.228. The van der Waals surface area contributed by atoms with E-state index in [0.29, 0.717) is 52.0 Å². The molecule has 2 aromatic rings. The number of ether oxygens (including phenoxy) is 1. The van der Waals surface area contributed by atoms with Gasteiger partial charge in [0.2, 0.25) is 0 Å². The average molecular weight is 420 g/mol. The number of carbonyl (C=O) groups is 1. The van der Waals surface area contributed by atoms with Crippen LogP contribution in [0.1, 0.15) is 60.6 Å². The van der Waals surface area contributed by atoms with E-state index in [1.807, 2.05) is 0 Å². The Labute approximate surface area is 174 Å². The van der Waals surface area contributed by atoms with Gasteiger partial charge < -0.3 is 14.8 Å². The Bertz CT molecular complexity index is 945. The molecule has 0 spiro atoms. The summed E-state index contributed by atoms with van der Waals surface area (Å²) in [6.07, 6.45) is 4.75. The Morgan fingerprint density at radius 1 is 1.48 bits per heavy atom. The van der Waals surface area contributed by atoms with Crippen LogP contribution in [0.5, 0.6) is 0 Å². The second kappa shape index (κ2) is 9.19. The zero-order valence-corrected chi connectivity index (χ0v) is 18.1. The first kappa shape index (κ1) is 21.7. The lowest BCUT2D eigenvalue weighted by Gasteiger charge is -2.24. The number of hydrogen-bond donors (Lipinski definition) is 2. The zero-order valence-electron chi connectivity index (χ0n) is 17.2. The van der Waals surface area contributed by atoms with Crippen molar-refractivity contribution in [3.8, 4) is 0 Å². The van der Waals surface area contributed by atoms with Crippen molar-refractivity contribution >= 4 is 27.5 Å². The Hall–Kier alpha value is -2.03. The minimum Gasteiger partial charge on any atom is -0.459 e. The summed E-state index contributed by atoms with van der Waals surface area (Å²) in [5, 5.41) is 10.7. The summed E-state index contributed by atoms with van der Waals surface area (Å²) in [6, 6.07) is 0.413. The lowest BCUT2D eigenvalue weighted by Crippen LogP contribution is -2.35. The van der Waals surface area contributed by atoms with E-state index in [9.17, 15) is 14.7 Å². The molecule has 1 saturated carbocycles. The summed E-state index contributed by atoms with van der Waals surface area (Å²) in [5.41, 5.74) is 0.361. The van der Waals surface area contributed by atoms with Gasteiger partial charge in [0.1, 0.15) is 15.5 Å². The highest BCUT2D eigenvalue weighted by Gasteiger charge is 2.31. The second-order valence-electron chi connectivity index (χ2n) is 7.88. The fourth-order valence-electron chi connectivity index (χ4n) is 3.37. The van der Waals surface area contributed by atoms with Crippen LogP contribution < -0.4 is 5.56 Å². The number of aromatic nitrogens is 2. The molecule has 0 aromatic carbocycles. The van der Waals surface area contributed by atoms with Gasteiger partial charge in [-0.15, -0.1) is 17.9 Å². The maximum Gasteiger partial charge on any atom is 0.348 e. The van der Waals surface area contributed by atoms with E-state index in [2.05, 4.69) is 21.4 Å². The summed E-state index contributed by atoms with van der Waals surface area (Å²) in [4.78, 5) is 35.6. The van der Waals surface area contributed by atoms with Crippen molar-refractivity contribution in [2.45, 2.75) is 71.2 Å². The van der Waals surface area contributed by atoms with Crippen molar-refractivity contribution in [1.29, 1.82) is 0 Å². The first-order valence-electron chi connectivity index (χ1n) is 10.1. The number of fused-ring (bicyclic) bond motifs is 1. The number of thiophene rings is 1. The highest BCUT2D eigenvalue weighted by Crippen LogP contribution is 2.30. The quantitative estimate of drug-likeness (QED) is 0.454. The molecule has 29 heavy (non-hydrogen) atoms. The number of aliphatic hydroxyl groups excluding tert-OH is 1. The Balaban J connectivity index is 1.83. The van der Waals surface area contributed by atoms with Crippen molar-refractivity contribution < 1.29 is 14.6 Å². The monoisotopic (exact) mass is 419 g/mol. The van der Waals surface area contributed by atoms with Gasteiger partial charge in [-0.05, 0) is 52.0 Å². The Kier molecular flexibility index (Phi) is 6.87. The molecule has 1 unspecified atom stereocenters. The number of allylic oxidation sites excluding steroid dienone is 1. The van der Waals surface area contributed by atoms with Crippen molar-refractivity contribution in [1.82, 2.24) is 14.9 Å². The fourth-order valence-corrected chi connectivity index (χ4v) is 4.46. The average Bonchev–Trinajstić information content (AvgIpc) is 3.42. The summed E-state index contributed by atoms with van der Waals surface area (Å²) in [6.45, 7) is 10.0.